The van der Waals surface area contributed by atoms with Gasteiger partial charge in [0.05, 0.1) is 25.6 Å². The van der Waals surface area contributed by atoms with Crippen molar-refractivity contribution in [2.75, 3.05) is 28.1 Å². The number of hydrogen-bond acceptors (Lipinski definition) is 7. The third kappa shape index (κ3) is 4.61. The Morgan fingerprint density at radius 3 is 2.70 bits per heavy atom. The lowest BCUT2D eigenvalue weighted by atomic mass is 9.66. The molecule has 8 heteroatoms. The number of ether oxygens (including phenoxy) is 4. The maximum Gasteiger partial charge on any atom is 0.319 e. The van der Waals surface area contributed by atoms with E-state index in [4.69, 9.17) is 18.9 Å². The molecular formula is C22H27BrO6S. The molecule has 0 unspecified atom stereocenters. The van der Waals surface area contributed by atoms with Crippen molar-refractivity contribution in [3.8, 4) is 5.75 Å². The highest BCUT2D eigenvalue weighted by molar-refractivity contribution is 9.10. The van der Waals surface area contributed by atoms with Crippen molar-refractivity contribution in [3.05, 3.63) is 34.3 Å². The van der Waals surface area contributed by atoms with Gasteiger partial charge in [0.2, 0.25) is 0 Å². The summed E-state index contributed by atoms with van der Waals surface area (Å²) in [5, 5.41) is -0.0755. The summed E-state index contributed by atoms with van der Waals surface area (Å²) in [5.41, 5.74) is -0.108. The first-order valence-electron chi connectivity index (χ1n) is 9.79. The van der Waals surface area contributed by atoms with Crippen LogP contribution in [0.15, 0.2) is 39.2 Å². The number of esters is 1. The van der Waals surface area contributed by atoms with E-state index in [1.807, 2.05) is 18.2 Å². The van der Waals surface area contributed by atoms with E-state index in [0.29, 0.717) is 6.42 Å². The molecule has 0 radical (unpaired) electrons. The van der Waals surface area contributed by atoms with Gasteiger partial charge in [-0.05, 0) is 77.9 Å². The lowest BCUT2D eigenvalue weighted by molar-refractivity contribution is -0.157. The van der Waals surface area contributed by atoms with Gasteiger partial charge in [0, 0.05) is 16.5 Å². The van der Waals surface area contributed by atoms with E-state index in [9.17, 15) is 9.59 Å². The molecule has 2 aliphatic rings. The smallest absolute Gasteiger partial charge is 0.319 e. The number of ketones is 1. The van der Waals surface area contributed by atoms with Gasteiger partial charge >= 0.3 is 5.97 Å². The molecule has 0 spiro atoms. The molecule has 0 bridgehead atoms. The van der Waals surface area contributed by atoms with Crippen molar-refractivity contribution in [3.63, 3.8) is 0 Å². The molecule has 1 aromatic carbocycles. The SMILES string of the molecule is COCO[C@H]1CC[C@H]2C[C@@](C)(C(=O)OC)C(=O)C=C2[C@@H]1Sc1cc(OC)ccc1Br. The van der Waals surface area contributed by atoms with Crippen molar-refractivity contribution in [2.45, 2.75) is 42.4 Å². The third-order valence-corrected chi connectivity index (χ3v) is 8.24. The van der Waals surface area contributed by atoms with E-state index in [1.54, 1.807) is 39.0 Å². The summed E-state index contributed by atoms with van der Waals surface area (Å²) in [6, 6.07) is 5.80. The molecule has 3 rings (SSSR count). The Hall–Kier alpha value is -1.35. The molecule has 0 heterocycles. The molecule has 1 saturated carbocycles. The molecule has 30 heavy (non-hydrogen) atoms. The summed E-state index contributed by atoms with van der Waals surface area (Å²) in [4.78, 5) is 26.3. The quantitative estimate of drug-likeness (QED) is 0.313. The van der Waals surface area contributed by atoms with Gasteiger partial charge in [-0.2, -0.15) is 0 Å². The second-order valence-electron chi connectivity index (χ2n) is 7.76. The summed E-state index contributed by atoms with van der Waals surface area (Å²) in [6.45, 7) is 1.87. The fourth-order valence-electron chi connectivity index (χ4n) is 4.17. The number of methoxy groups -OCH3 is 3. The van der Waals surface area contributed by atoms with Gasteiger partial charge in [0.15, 0.2) is 5.78 Å². The Morgan fingerprint density at radius 2 is 2.03 bits per heavy atom. The molecule has 0 aliphatic heterocycles. The molecule has 6 nitrogen and oxygen atoms in total. The van der Waals surface area contributed by atoms with Gasteiger partial charge in [-0.3, -0.25) is 9.59 Å². The predicted octanol–water partition coefficient (Wildman–Crippen LogP) is 4.40. The second kappa shape index (κ2) is 9.85. The molecule has 1 aromatic rings. The van der Waals surface area contributed by atoms with Crippen LogP contribution in [0.5, 0.6) is 5.75 Å². The van der Waals surface area contributed by atoms with Crippen LogP contribution in [0, 0.1) is 11.3 Å². The third-order valence-electron chi connectivity index (χ3n) is 5.86. The fourth-order valence-corrected chi connectivity index (χ4v) is 6.10. The molecule has 0 N–H and O–H groups in total. The van der Waals surface area contributed by atoms with Crippen molar-refractivity contribution in [1.82, 2.24) is 0 Å². The average molecular weight is 499 g/mol. The van der Waals surface area contributed by atoms with Gasteiger partial charge < -0.3 is 18.9 Å². The Kier molecular flexibility index (Phi) is 7.66. The summed E-state index contributed by atoms with van der Waals surface area (Å²) >= 11 is 5.25. The number of thioether (sulfide) groups is 1. The Morgan fingerprint density at radius 1 is 1.27 bits per heavy atom. The minimum absolute atomic E-state index is 0.0755. The predicted molar refractivity (Wildman–Crippen MR) is 118 cm³/mol. The van der Waals surface area contributed by atoms with Crippen molar-refractivity contribution >= 4 is 39.4 Å². The zero-order chi connectivity index (χ0) is 21.9. The number of rotatable bonds is 7. The van der Waals surface area contributed by atoms with Crippen LogP contribution in [-0.4, -0.2) is 51.2 Å². The summed E-state index contributed by atoms with van der Waals surface area (Å²) < 4.78 is 22.4. The first kappa shape index (κ1) is 23.3. The minimum Gasteiger partial charge on any atom is -0.497 e. The van der Waals surface area contributed by atoms with E-state index in [1.165, 1.54) is 7.11 Å². The molecule has 4 atom stereocenters. The van der Waals surface area contributed by atoms with E-state index < -0.39 is 11.4 Å². The van der Waals surface area contributed by atoms with E-state index in [2.05, 4.69) is 15.9 Å². The summed E-state index contributed by atoms with van der Waals surface area (Å²) in [6.07, 6.45) is 3.66. The lowest BCUT2D eigenvalue weighted by Gasteiger charge is -2.43. The molecule has 164 valence electrons. The van der Waals surface area contributed by atoms with Crippen LogP contribution in [0.4, 0.5) is 0 Å². The Balaban J connectivity index is 1.97. The van der Waals surface area contributed by atoms with Crippen LogP contribution in [0.3, 0.4) is 0 Å². The zero-order valence-corrected chi connectivity index (χ0v) is 20.0. The van der Waals surface area contributed by atoms with Crippen molar-refractivity contribution in [2.24, 2.45) is 11.3 Å². The van der Waals surface area contributed by atoms with Gasteiger partial charge in [-0.25, -0.2) is 0 Å². The number of hydrogen-bond donors (Lipinski definition) is 0. The minimum atomic E-state index is -1.13. The number of carbonyl (C=O) groups excluding carboxylic acids is 2. The van der Waals surface area contributed by atoms with Crippen LogP contribution >= 0.6 is 27.7 Å². The largest absolute Gasteiger partial charge is 0.497 e. The lowest BCUT2D eigenvalue weighted by Crippen LogP contribution is -2.46. The van der Waals surface area contributed by atoms with Gasteiger partial charge in [0.1, 0.15) is 18.0 Å². The first-order valence-corrected chi connectivity index (χ1v) is 11.5. The average Bonchev–Trinajstić information content (AvgIpc) is 2.75. The van der Waals surface area contributed by atoms with Crippen LogP contribution in [0.25, 0.3) is 0 Å². The summed E-state index contributed by atoms with van der Waals surface area (Å²) in [7, 11) is 4.56. The van der Waals surface area contributed by atoms with E-state index in [-0.39, 0.29) is 29.8 Å². The highest BCUT2D eigenvalue weighted by Crippen LogP contribution is 2.50. The van der Waals surface area contributed by atoms with Gasteiger partial charge in [-0.1, -0.05) is 0 Å². The number of fused-ring (bicyclic) bond motifs is 1. The monoisotopic (exact) mass is 498 g/mol. The fraction of sp³-hybridized carbons (Fsp3) is 0.545. The number of allylic oxidation sites excluding steroid dienone is 1. The maximum atomic E-state index is 13.0. The topological polar surface area (TPSA) is 71.1 Å². The van der Waals surface area contributed by atoms with Crippen LogP contribution < -0.4 is 4.74 Å². The maximum absolute atomic E-state index is 13.0. The van der Waals surface area contributed by atoms with Gasteiger partial charge in [-0.15, -0.1) is 11.8 Å². The molecule has 0 saturated heterocycles. The zero-order valence-electron chi connectivity index (χ0n) is 17.6. The highest BCUT2D eigenvalue weighted by atomic mass is 79.9. The van der Waals surface area contributed by atoms with Crippen LogP contribution in [0.1, 0.15) is 26.2 Å². The van der Waals surface area contributed by atoms with Crippen LogP contribution in [0.2, 0.25) is 0 Å². The Bertz CT molecular complexity index is 841. The summed E-state index contributed by atoms with van der Waals surface area (Å²) in [5.74, 6) is 0.203. The highest BCUT2D eigenvalue weighted by Gasteiger charge is 2.50. The number of carbonyl (C=O) groups is 2. The number of halogens is 1. The molecule has 2 aliphatic carbocycles. The molecule has 0 aromatic heterocycles. The molecule has 0 amide bonds. The Labute approximate surface area is 189 Å². The second-order valence-corrected chi connectivity index (χ2v) is 9.79. The molecule has 1 fully saturated rings. The van der Waals surface area contributed by atoms with Gasteiger partial charge in [0.25, 0.3) is 0 Å². The van der Waals surface area contributed by atoms with E-state index in [0.717, 1.165) is 33.5 Å². The van der Waals surface area contributed by atoms with Crippen molar-refractivity contribution in [1.29, 1.82) is 0 Å². The van der Waals surface area contributed by atoms with Crippen LogP contribution in [-0.2, 0) is 23.8 Å². The normalized spacial score (nSPS) is 28.5. The first-order chi connectivity index (χ1) is 14.3. The number of benzene rings is 1. The van der Waals surface area contributed by atoms with E-state index >= 15 is 0 Å². The van der Waals surface area contributed by atoms with Crippen molar-refractivity contribution < 1.29 is 28.5 Å². The molecular weight excluding hydrogens is 472 g/mol. The standard InChI is InChI=1S/C22H27BrO6S/c1-22(21(25)28-4)11-13-5-8-17(29-12-26-2)20(15(13)10-19(22)24)30-18-9-14(27-3)6-7-16(18)23/h6-7,9-10,13,17,20H,5,8,11-12H2,1-4H3/t13-,17-,20-,22+/m0/s1.